The minimum Gasteiger partial charge on any atom is -0.348 e. The first-order chi connectivity index (χ1) is 15.6. The molecule has 0 bridgehead atoms. The number of nitrogens with one attached hydrogen (secondary N) is 1. The second-order valence-corrected chi connectivity index (χ2v) is 11.0. The second-order valence-electron chi connectivity index (χ2n) is 7.30. The van der Waals surface area contributed by atoms with Crippen LogP contribution >= 0.6 is 46.4 Å². The molecule has 1 amide bonds. The Morgan fingerprint density at radius 1 is 0.879 bits per heavy atom. The van der Waals surface area contributed by atoms with Crippen LogP contribution < -0.4 is 5.32 Å². The Labute approximate surface area is 213 Å². The smallest absolute Gasteiger partial charge is 0.243 e. The van der Waals surface area contributed by atoms with Gasteiger partial charge in [0.05, 0.1) is 17.5 Å². The lowest BCUT2D eigenvalue weighted by atomic mass is 10.1. The van der Waals surface area contributed by atoms with Gasteiger partial charge in [0.1, 0.15) is 0 Å². The molecule has 0 radical (unpaired) electrons. The van der Waals surface area contributed by atoms with Crippen molar-refractivity contribution >= 4 is 62.3 Å². The number of rotatable bonds is 8. The molecule has 5 nitrogen and oxygen atoms in total. The summed E-state index contributed by atoms with van der Waals surface area (Å²) in [5.74, 6) is -0.472. The molecule has 0 aliphatic rings. The van der Waals surface area contributed by atoms with E-state index in [1.165, 1.54) is 30.3 Å². The molecule has 0 aromatic heterocycles. The normalized spacial score (nSPS) is 12.5. The monoisotopic (exact) mass is 544 g/mol. The number of carbonyl (C=O) groups is 1. The summed E-state index contributed by atoms with van der Waals surface area (Å²) in [6, 6.07) is 17.2. The molecule has 3 aromatic rings. The molecule has 10 heteroatoms. The van der Waals surface area contributed by atoms with Crippen molar-refractivity contribution in [3.05, 3.63) is 97.9 Å². The number of hydrogen-bond donors (Lipinski definition) is 1. The largest absolute Gasteiger partial charge is 0.348 e. The zero-order valence-electron chi connectivity index (χ0n) is 17.4. The summed E-state index contributed by atoms with van der Waals surface area (Å²) in [7, 11) is -4.04. The molecule has 0 saturated carbocycles. The molecule has 0 fully saturated rings. The summed E-state index contributed by atoms with van der Waals surface area (Å²) in [5, 5.41) is 4.53. The fraction of sp³-hybridized carbons (Fsp3) is 0.174. The highest BCUT2D eigenvalue weighted by Crippen LogP contribution is 2.26. The maximum Gasteiger partial charge on any atom is 0.243 e. The first kappa shape index (κ1) is 25.8. The predicted molar refractivity (Wildman–Crippen MR) is 134 cm³/mol. The van der Waals surface area contributed by atoms with Crippen LogP contribution in [0.5, 0.6) is 0 Å². The quantitative estimate of drug-likeness (QED) is 0.357. The summed E-state index contributed by atoms with van der Waals surface area (Å²) in [4.78, 5) is 12.9. The molecule has 0 heterocycles. The average molecular weight is 546 g/mol. The highest BCUT2D eigenvalue weighted by Gasteiger charge is 2.28. The molecule has 3 aromatic carbocycles. The van der Waals surface area contributed by atoms with E-state index in [0.29, 0.717) is 25.7 Å². The number of sulfonamides is 1. The van der Waals surface area contributed by atoms with E-state index in [1.54, 1.807) is 43.3 Å². The lowest BCUT2D eigenvalue weighted by Gasteiger charge is -2.24. The van der Waals surface area contributed by atoms with Crippen LogP contribution in [0.25, 0.3) is 0 Å². The van der Waals surface area contributed by atoms with Crippen LogP contribution in [0.15, 0.2) is 71.6 Å². The van der Waals surface area contributed by atoms with E-state index in [0.717, 1.165) is 9.87 Å². The van der Waals surface area contributed by atoms with Crippen LogP contribution in [-0.2, 0) is 21.4 Å². The van der Waals surface area contributed by atoms with Gasteiger partial charge in [-0.2, -0.15) is 4.31 Å². The molecule has 1 unspecified atom stereocenters. The van der Waals surface area contributed by atoms with Gasteiger partial charge in [0.2, 0.25) is 15.9 Å². The Hall–Kier alpha value is -1.80. The zero-order valence-corrected chi connectivity index (χ0v) is 21.3. The fourth-order valence-electron chi connectivity index (χ4n) is 3.10. The van der Waals surface area contributed by atoms with E-state index in [1.807, 2.05) is 0 Å². The van der Waals surface area contributed by atoms with Gasteiger partial charge in [0, 0.05) is 26.6 Å². The van der Waals surface area contributed by atoms with Crippen molar-refractivity contribution in [1.29, 1.82) is 0 Å². The average Bonchev–Trinajstić information content (AvgIpc) is 2.75. The van der Waals surface area contributed by atoms with Gasteiger partial charge in [0.15, 0.2) is 0 Å². The van der Waals surface area contributed by atoms with Crippen LogP contribution in [0.2, 0.25) is 20.1 Å². The summed E-state index contributed by atoms with van der Waals surface area (Å²) >= 11 is 24.1. The Morgan fingerprint density at radius 3 is 2.00 bits per heavy atom. The molecule has 0 aliphatic carbocycles. The van der Waals surface area contributed by atoms with E-state index in [4.69, 9.17) is 46.4 Å². The third-order valence-corrected chi connectivity index (χ3v) is 7.78. The van der Waals surface area contributed by atoms with Gasteiger partial charge in [-0.05, 0) is 66.6 Å². The Bertz CT molecular complexity index is 1230. The molecule has 174 valence electrons. The summed E-state index contributed by atoms with van der Waals surface area (Å²) < 4.78 is 27.8. The number of hydrogen-bond acceptors (Lipinski definition) is 3. The first-order valence-electron chi connectivity index (χ1n) is 9.81. The summed E-state index contributed by atoms with van der Waals surface area (Å²) in [6.45, 7) is 1.26. The topological polar surface area (TPSA) is 66.5 Å². The van der Waals surface area contributed by atoms with Gasteiger partial charge in [-0.1, -0.05) is 64.6 Å². The number of nitrogens with zero attached hydrogens (tertiary/aromatic N) is 1. The van der Waals surface area contributed by atoms with Gasteiger partial charge in [-0.15, -0.1) is 0 Å². The van der Waals surface area contributed by atoms with Crippen molar-refractivity contribution in [2.45, 2.75) is 24.4 Å². The van der Waals surface area contributed by atoms with Crippen molar-refractivity contribution in [1.82, 2.24) is 9.62 Å². The third-order valence-electron chi connectivity index (χ3n) is 4.88. The second kappa shape index (κ2) is 11.1. The number of halogens is 4. The van der Waals surface area contributed by atoms with Gasteiger partial charge >= 0.3 is 0 Å². The highest BCUT2D eigenvalue weighted by molar-refractivity contribution is 7.89. The van der Waals surface area contributed by atoms with Gasteiger partial charge < -0.3 is 5.32 Å². The molecular formula is C23H20Cl4N2O3S. The van der Waals surface area contributed by atoms with Crippen LogP contribution in [0.3, 0.4) is 0 Å². The Balaban J connectivity index is 1.86. The first-order valence-corrected chi connectivity index (χ1v) is 12.8. The predicted octanol–water partition coefficient (Wildman–Crippen LogP) is 6.37. The zero-order chi connectivity index (χ0) is 24.2. The van der Waals surface area contributed by atoms with Crippen LogP contribution in [0.4, 0.5) is 0 Å². The molecule has 0 spiro atoms. The van der Waals surface area contributed by atoms with Crippen molar-refractivity contribution in [3.8, 4) is 0 Å². The van der Waals surface area contributed by atoms with E-state index < -0.39 is 22.5 Å². The van der Waals surface area contributed by atoms with E-state index >= 15 is 0 Å². The minimum absolute atomic E-state index is 0.00976. The van der Waals surface area contributed by atoms with E-state index in [2.05, 4.69) is 5.32 Å². The lowest BCUT2D eigenvalue weighted by Crippen LogP contribution is -2.41. The van der Waals surface area contributed by atoms with Gasteiger partial charge in [0.25, 0.3) is 0 Å². The maximum absolute atomic E-state index is 13.4. The molecule has 33 heavy (non-hydrogen) atoms. The van der Waals surface area contributed by atoms with Crippen molar-refractivity contribution in [2.75, 3.05) is 6.54 Å². The number of carbonyl (C=O) groups excluding carboxylic acids is 1. The molecule has 1 N–H and O–H groups in total. The van der Waals surface area contributed by atoms with Gasteiger partial charge in [-0.25, -0.2) is 8.42 Å². The highest BCUT2D eigenvalue weighted by atomic mass is 35.5. The third kappa shape index (κ3) is 6.85. The number of benzene rings is 3. The lowest BCUT2D eigenvalue weighted by molar-refractivity contribution is -0.122. The molecule has 0 aliphatic heterocycles. The standard InChI is InChI=1S/C23H20Cl4N2O3S/c1-15(16-2-5-18(24)6-3-16)28-23(30)14-29(13-17-4-7-20(26)12-22(17)27)33(31,32)21-10-8-19(25)9-11-21/h2-12,15H,13-14H2,1H3,(H,28,30). The maximum atomic E-state index is 13.4. The van der Waals surface area contributed by atoms with Crippen molar-refractivity contribution in [2.24, 2.45) is 0 Å². The SMILES string of the molecule is CC(NC(=O)CN(Cc1ccc(Cl)cc1Cl)S(=O)(=O)c1ccc(Cl)cc1)c1ccc(Cl)cc1. The van der Waals surface area contributed by atoms with Crippen LogP contribution in [0.1, 0.15) is 24.1 Å². The molecule has 0 saturated heterocycles. The fourth-order valence-corrected chi connectivity index (χ4v) is 5.20. The van der Waals surface area contributed by atoms with Crippen molar-refractivity contribution < 1.29 is 13.2 Å². The molecule has 1 atom stereocenters. The number of amides is 1. The van der Waals surface area contributed by atoms with Crippen LogP contribution in [-0.4, -0.2) is 25.2 Å². The Morgan fingerprint density at radius 2 is 1.42 bits per heavy atom. The minimum atomic E-state index is -4.04. The van der Waals surface area contributed by atoms with E-state index in [-0.39, 0.29) is 17.5 Å². The molecular weight excluding hydrogens is 526 g/mol. The Kier molecular flexibility index (Phi) is 8.67. The summed E-state index contributed by atoms with van der Waals surface area (Å²) in [6.07, 6.45) is 0. The molecule has 3 rings (SSSR count). The van der Waals surface area contributed by atoms with Crippen molar-refractivity contribution in [3.63, 3.8) is 0 Å². The van der Waals surface area contributed by atoms with E-state index in [9.17, 15) is 13.2 Å². The van der Waals surface area contributed by atoms with Gasteiger partial charge in [-0.3, -0.25) is 4.79 Å². The summed E-state index contributed by atoms with van der Waals surface area (Å²) in [5.41, 5.74) is 1.35. The van der Waals surface area contributed by atoms with Crippen LogP contribution in [0, 0.1) is 0 Å².